The number of allylic oxidation sites excluding steroid dienone is 2. The van der Waals surface area contributed by atoms with Crippen LogP contribution in [-0.4, -0.2) is 43.5 Å². The van der Waals surface area contributed by atoms with Crippen LogP contribution in [0.3, 0.4) is 0 Å². The van der Waals surface area contributed by atoms with Crippen molar-refractivity contribution >= 4 is 0 Å². The Hall–Kier alpha value is -1.78. The summed E-state index contributed by atoms with van der Waals surface area (Å²) in [5.41, 5.74) is 2.69. The van der Waals surface area contributed by atoms with Crippen LogP contribution in [0, 0.1) is 0 Å². The number of ether oxygens (including phenoxy) is 3. The van der Waals surface area contributed by atoms with E-state index in [0.717, 1.165) is 24.5 Å². The van der Waals surface area contributed by atoms with Gasteiger partial charge in [0, 0.05) is 11.5 Å². The van der Waals surface area contributed by atoms with E-state index in [1.165, 1.54) is 11.1 Å². The summed E-state index contributed by atoms with van der Waals surface area (Å²) < 4.78 is 17.2. The number of hydrogen-bond acceptors (Lipinski definition) is 4. The van der Waals surface area contributed by atoms with E-state index in [-0.39, 0.29) is 5.41 Å². The van der Waals surface area contributed by atoms with Gasteiger partial charge in [0.05, 0.1) is 0 Å². The number of benzene rings is 1. The standard InChI is InChI=1S/C19H21NO3/c1-13-5-6-18(7-8-20(2)17(18)9-13)14-3-4-15-16(10-14)23-19(22-15)11-21-12-19/h3-6,9-10,17H,7-8,11-12H2,1-2H3/t17-,18-/m0/s1. The highest BCUT2D eigenvalue weighted by molar-refractivity contribution is 5.52. The summed E-state index contributed by atoms with van der Waals surface area (Å²) in [7, 11) is 2.21. The van der Waals surface area contributed by atoms with Gasteiger partial charge in [-0.1, -0.05) is 29.9 Å². The van der Waals surface area contributed by atoms with Crippen molar-refractivity contribution in [1.82, 2.24) is 4.90 Å². The molecular formula is C19H21NO3. The summed E-state index contributed by atoms with van der Waals surface area (Å²) in [5, 5.41) is 0. The van der Waals surface area contributed by atoms with Gasteiger partial charge in [0.25, 0.3) is 5.79 Å². The SMILES string of the molecule is CC1=C[C@@H]2N(C)CC[C@]2(c2ccc3c(c2)OC2(COC2)O3)C=C1. The first-order chi connectivity index (χ1) is 11.1. The van der Waals surface area contributed by atoms with Crippen molar-refractivity contribution in [3.8, 4) is 11.5 Å². The quantitative estimate of drug-likeness (QED) is 0.798. The summed E-state index contributed by atoms with van der Waals surface area (Å²) in [5.74, 6) is 1.12. The summed E-state index contributed by atoms with van der Waals surface area (Å²) in [6, 6.07) is 6.84. The summed E-state index contributed by atoms with van der Waals surface area (Å²) in [6.45, 7) is 4.29. The van der Waals surface area contributed by atoms with Crippen LogP contribution in [0.15, 0.2) is 42.0 Å². The number of rotatable bonds is 1. The average Bonchev–Trinajstić information content (AvgIpc) is 3.06. The molecule has 4 heteroatoms. The lowest BCUT2D eigenvalue weighted by atomic mass is 9.71. The first-order valence-electron chi connectivity index (χ1n) is 8.29. The van der Waals surface area contributed by atoms with Gasteiger partial charge in [-0.2, -0.15) is 0 Å². The van der Waals surface area contributed by atoms with Gasteiger partial charge in [-0.25, -0.2) is 0 Å². The molecule has 0 saturated carbocycles. The molecule has 2 fully saturated rings. The molecule has 0 amide bonds. The van der Waals surface area contributed by atoms with Crippen LogP contribution in [0.4, 0.5) is 0 Å². The number of hydrogen-bond donors (Lipinski definition) is 0. The van der Waals surface area contributed by atoms with Gasteiger partial charge in [0.15, 0.2) is 11.5 Å². The predicted octanol–water partition coefficient (Wildman–Crippen LogP) is 2.64. The van der Waals surface area contributed by atoms with Crippen molar-refractivity contribution in [2.75, 3.05) is 26.8 Å². The van der Waals surface area contributed by atoms with Gasteiger partial charge >= 0.3 is 0 Å². The van der Waals surface area contributed by atoms with Gasteiger partial charge < -0.3 is 14.2 Å². The van der Waals surface area contributed by atoms with Crippen LogP contribution in [0.1, 0.15) is 18.9 Å². The Balaban J connectivity index is 1.55. The normalized spacial score (nSPS) is 33.5. The highest BCUT2D eigenvalue weighted by atomic mass is 16.8. The second-order valence-electron chi connectivity index (χ2n) is 7.23. The summed E-state index contributed by atoms with van der Waals surface area (Å²) in [4.78, 5) is 2.44. The molecule has 4 aliphatic rings. The molecule has 5 rings (SSSR count). The fraction of sp³-hybridized carbons (Fsp3) is 0.474. The Kier molecular flexibility index (Phi) is 2.61. The molecule has 120 valence electrons. The first-order valence-corrected chi connectivity index (χ1v) is 8.29. The molecule has 1 aliphatic carbocycles. The molecule has 4 nitrogen and oxygen atoms in total. The van der Waals surface area contributed by atoms with Crippen molar-refractivity contribution in [3.63, 3.8) is 0 Å². The van der Waals surface area contributed by atoms with Gasteiger partial charge in [0.1, 0.15) is 13.2 Å². The third-order valence-corrected chi connectivity index (χ3v) is 5.66. The van der Waals surface area contributed by atoms with Crippen LogP contribution < -0.4 is 9.47 Å². The zero-order chi connectivity index (χ0) is 15.7. The second-order valence-corrected chi connectivity index (χ2v) is 7.23. The van der Waals surface area contributed by atoms with E-state index in [2.05, 4.69) is 55.3 Å². The molecule has 1 aromatic rings. The number of nitrogens with zero attached hydrogens (tertiary/aromatic N) is 1. The topological polar surface area (TPSA) is 30.9 Å². The second kappa shape index (κ2) is 4.40. The Morgan fingerprint density at radius 2 is 2.00 bits per heavy atom. The molecule has 0 radical (unpaired) electrons. The van der Waals surface area contributed by atoms with Gasteiger partial charge in [0.2, 0.25) is 0 Å². The van der Waals surface area contributed by atoms with E-state index >= 15 is 0 Å². The number of likely N-dealkylation sites (tertiary alicyclic amines) is 1. The Labute approximate surface area is 136 Å². The molecule has 0 N–H and O–H groups in total. The van der Waals surface area contributed by atoms with Crippen molar-refractivity contribution < 1.29 is 14.2 Å². The van der Waals surface area contributed by atoms with Gasteiger partial charge in [-0.15, -0.1) is 0 Å². The van der Waals surface area contributed by atoms with Gasteiger partial charge in [-0.05, 0) is 44.6 Å². The van der Waals surface area contributed by atoms with E-state index in [0.29, 0.717) is 19.3 Å². The third kappa shape index (κ3) is 1.79. The monoisotopic (exact) mass is 311 g/mol. The lowest BCUT2D eigenvalue weighted by Gasteiger charge is -2.36. The van der Waals surface area contributed by atoms with E-state index in [1.54, 1.807) is 0 Å². The highest BCUT2D eigenvalue weighted by Gasteiger charge is 2.50. The minimum atomic E-state index is -0.566. The highest BCUT2D eigenvalue weighted by Crippen LogP contribution is 2.49. The Morgan fingerprint density at radius 1 is 1.17 bits per heavy atom. The van der Waals surface area contributed by atoms with E-state index < -0.39 is 5.79 Å². The fourth-order valence-electron chi connectivity index (χ4n) is 4.27. The number of fused-ring (bicyclic) bond motifs is 2. The predicted molar refractivity (Wildman–Crippen MR) is 86.9 cm³/mol. The maximum Gasteiger partial charge on any atom is 0.298 e. The molecule has 0 bridgehead atoms. The molecule has 0 aromatic heterocycles. The average molecular weight is 311 g/mol. The maximum absolute atomic E-state index is 6.05. The lowest BCUT2D eigenvalue weighted by Crippen LogP contribution is -2.56. The molecule has 1 aromatic carbocycles. The minimum Gasteiger partial charge on any atom is -0.444 e. The molecule has 3 aliphatic heterocycles. The first kappa shape index (κ1) is 13.6. The maximum atomic E-state index is 6.05. The largest absolute Gasteiger partial charge is 0.444 e. The smallest absolute Gasteiger partial charge is 0.298 e. The molecular weight excluding hydrogens is 290 g/mol. The van der Waals surface area contributed by atoms with Crippen LogP contribution >= 0.6 is 0 Å². The molecule has 23 heavy (non-hydrogen) atoms. The van der Waals surface area contributed by atoms with E-state index in [9.17, 15) is 0 Å². The van der Waals surface area contributed by atoms with Crippen LogP contribution in [-0.2, 0) is 10.2 Å². The number of likely N-dealkylation sites (N-methyl/N-ethyl adjacent to an activating group) is 1. The molecule has 0 unspecified atom stereocenters. The van der Waals surface area contributed by atoms with Crippen LogP contribution in [0.5, 0.6) is 11.5 Å². The van der Waals surface area contributed by atoms with Crippen molar-refractivity contribution in [2.45, 2.75) is 30.6 Å². The van der Waals surface area contributed by atoms with Crippen molar-refractivity contribution in [1.29, 1.82) is 0 Å². The molecule has 3 heterocycles. The third-order valence-electron chi connectivity index (χ3n) is 5.66. The van der Waals surface area contributed by atoms with Crippen molar-refractivity contribution in [2.24, 2.45) is 0 Å². The zero-order valence-electron chi connectivity index (χ0n) is 13.5. The van der Waals surface area contributed by atoms with Gasteiger partial charge in [-0.3, -0.25) is 4.90 Å². The zero-order valence-corrected chi connectivity index (χ0v) is 13.5. The van der Waals surface area contributed by atoms with Crippen LogP contribution in [0.2, 0.25) is 0 Å². The fourth-order valence-corrected chi connectivity index (χ4v) is 4.27. The summed E-state index contributed by atoms with van der Waals surface area (Å²) in [6.07, 6.45) is 8.15. The molecule has 2 saturated heterocycles. The van der Waals surface area contributed by atoms with E-state index in [1.807, 2.05) is 0 Å². The molecule has 1 spiro atoms. The minimum absolute atomic E-state index is 0.0402. The molecule has 2 atom stereocenters. The lowest BCUT2D eigenvalue weighted by molar-refractivity contribution is -0.246. The Morgan fingerprint density at radius 3 is 2.78 bits per heavy atom. The van der Waals surface area contributed by atoms with E-state index in [4.69, 9.17) is 14.2 Å². The Bertz CT molecular complexity index is 734. The van der Waals surface area contributed by atoms with Crippen molar-refractivity contribution in [3.05, 3.63) is 47.6 Å². The summed E-state index contributed by atoms with van der Waals surface area (Å²) >= 11 is 0. The van der Waals surface area contributed by atoms with Crippen LogP contribution in [0.25, 0.3) is 0 Å².